The van der Waals surface area contributed by atoms with Crippen LogP contribution >= 0.6 is 0 Å². The van der Waals surface area contributed by atoms with E-state index >= 15 is 0 Å². The lowest BCUT2D eigenvalue weighted by Crippen LogP contribution is -2.41. The maximum atomic E-state index is 8.68. The summed E-state index contributed by atoms with van der Waals surface area (Å²) in [6.07, 6.45) is 4.80. The number of nitrogens with zero attached hydrogens (tertiary/aromatic N) is 3. The molecule has 4 rings (SSSR count). The van der Waals surface area contributed by atoms with Gasteiger partial charge in [0.2, 0.25) is 0 Å². The number of ether oxygens (including phenoxy) is 2. The Morgan fingerprint density at radius 1 is 1.36 bits per heavy atom. The second kappa shape index (κ2) is 7.39. The standard InChI is InChI=1S/C21H27N5O2/c1-3-21(6-7-21)28-15-4-5-17(22)16(10-15)20(23)18-11-19(25-13-24-18)26-8-9-27-14(2)12-26/h4-5,10-11,13-14,23H,3,6-9,12,22H2,1-2H3. The van der Waals surface area contributed by atoms with Crippen molar-refractivity contribution in [2.75, 3.05) is 30.3 Å². The summed E-state index contributed by atoms with van der Waals surface area (Å²) in [7, 11) is 0. The van der Waals surface area contributed by atoms with Gasteiger partial charge in [0.15, 0.2) is 0 Å². The van der Waals surface area contributed by atoms with Crippen LogP contribution in [-0.2, 0) is 4.74 Å². The van der Waals surface area contributed by atoms with Gasteiger partial charge >= 0.3 is 0 Å². The van der Waals surface area contributed by atoms with Crippen LogP contribution in [-0.4, -0.2) is 47.1 Å². The average Bonchev–Trinajstić information content (AvgIpc) is 3.49. The van der Waals surface area contributed by atoms with Gasteiger partial charge in [-0.05, 0) is 44.4 Å². The molecular weight excluding hydrogens is 354 g/mol. The van der Waals surface area contributed by atoms with Gasteiger partial charge in [0.05, 0.1) is 24.1 Å². The first-order chi connectivity index (χ1) is 13.5. The third-order valence-corrected chi connectivity index (χ3v) is 5.55. The van der Waals surface area contributed by atoms with Crippen LogP contribution in [0.15, 0.2) is 30.6 Å². The van der Waals surface area contributed by atoms with Crippen molar-refractivity contribution < 1.29 is 9.47 Å². The molecule has 1 unspecified atom stereocenters. The molecule has 1 aromatic carbocycles. The normalized spacial score (nSPS) is 20.6. The summed E-state index contributed by atoms with van der Waals surface area (Å²) in [6, 6.07) is 7.38. The van der Waals surface area contributed by atoms with Crippen molar-refractivity contribution in [3.63, 3.8) is 0 Å². The molecule has 1 aliphatic carbocycles. The number of anilines is 2. The fourth-order valence-corrected chi connectivity index (χ4v) is 3.55. The van der Waals surface area contributed by atoms with Gasteiger partial charge in [-0.2, -0.15) is 0 Å². The first-order valence-electron chi connectivity index (χ1n) is 9.86. The molecule has 1 saturated carbocycles. The SMILES string of the molecule is CCC1(Oc2ccc(N)c(C(=N)c3cc(N4CCOC(C)C4)ncn3)c2)CC1. The molecule has 0 amide bonds. The zero-order valence-corrected chi connectivity index (χ0v) is 16.4. The van der Waals surface area contributed by atoms with E-state index in [1.807, 2.05) is 25.1 Å². The maximum absolute atomic E-state index is 8.68. The Labute approximate surface area is 165 Å². The molecule has 3 N–H and O–H groups in total. The molecule has 28 heavy (non-hydrogen) atoms. The number of hydrogen-bond acceptors (Lipinski definition) is 7. The molecular formula is C21H27N5O2. The molecule has 0 radical (unpaired) electrons. The second-order valence-corrected chi connectivity index (χ2v) is 7.65. The minimum absolute atomic E-state index is 0.0370. The quantitative estimate of drug-likeness (QED) is 0.590. The fraction of sp³-hybridized carbons (Fsp3) is 0.476. The van der Waals surface area contributed by atoms with Gasteiger partial charge in [0.25, 0.3) is 0 Å². The van der Waals surface area contributed by atoms with Crippen LogP contribution in [0.25, 0.3) is 0 Å². The molecule has 1 saturated heterocycles. The molecule has 2 fully saturated rings. The van der Waals surface area contributed by atoms with Crippen LogP contribution in [0.2, 0.25) is 0 Å². The molecule has 2 aromatic rings. The zero-order chi connectivity index (χ0) is 19.7. The topological polar surface area (TPSA) is 97.4 Å². The van der Waals surface area contributed by atoms with E-state index in [4.69, 9.17) is 20.6 Å². The van der Waals surface area contributed by atoms with Gasteiger partial charge < -0.3 is 20.1 Å². The lowest BCUT2D eigenvalue weighted by Gasteiger charge is -2.32. The predicted octanol–water partition coefficient (Wildman–Crippen LogP) is 3.02. The van der Waals surface area contributed by atoms with E-state index in [1.54, 1.807) is 6.07 Å². The zero-order valence-electron chi connectivity index (χ0n) is 16.4. The first-order valence-corrected chi connectivity index (χ1v) is 9.86. The van der Waals surface area contributed by atoms with Crippen molar-refractivity contribution in [1.82, 2.24) is 9.97 Å². The largest absolute Gasteiger partial charge is 0.487 e. The van der Waals surface area contributed by atoms with Gasteiger partial charge in [0.1, 0.15) is 23.5 Å². The Balaban J connectivity index is 1.58. The van der Waals surface area contributed by atoms with Crippen molar-refractivity contribution in [2.45, 2.75) is 44.8 Å². The van der Waals surface area contributed by atoms with Crippen molar-refractivity contribution in [1.29, 1.82) is 5.41 Å². The monoisotopic (exact) mass is 381 g/mol. The van der Waals surface area contributed by atoms with E-state index < -0.39 is 0 Å². The molecule has 0 bridgehead atoms. The van der Waals surface area contributed by atoms with Crippen LogP contribution in [0.1, 0.15) is 44.4 Å². The number of morpholine rings is 1. The van der Waals surface area contributed by atoms with E-state index in [0.717, 1.165) is 43.9 Å². The fourth-order valence-electron chi connectivity index (χ4n) is 3.55. The number of nitrogens with two attached hydrogens (primary N) is 1. The first kappa shape index (κ1) is 18.7. The molecule has 1 atom stereocenters. The van der Waals surface area contributed by atoms with E-state index in [2.05, 4.69) is 21.8 Å². The van der Waals surface area contributed by atoms with Crippen LogP contribution < -0.4 is 15.4 Å². The number of aromatic nitrogens is 2. The number of hydrogen-bond donors (Lipinski definition) is 2. The summed E-state index contributed by atoms with van der Waals surface area (Å²) in [4.78, 5) is 10.9. The van der Waals surface area contributed by atoms with Crippen molar-refractivity contribution in [3.05, 3.63) is 41.9 Å². The number of rotatable bonds is 6. The highest BCUT2D eigenvalue weighted by atomic mass is 16.5. The second-order valence-electron chi connectivity index (χ2n) is 7.65. The minimum atomic E-state index is -0.0370. The maximum Gasteiger partial charge on any atom is 0.132 e. The van der Waals surface area contributed by atoms with Gasteiger partial charge in [-0.25, -0.2) is 9.97 Å². The Morgan fingerprint density at radius 2 is 2.18 bits per heavy atom. The van der Waals surface area contributed by atoms with Crippen molar-refractivity contribution in [3.8, 4) is 5.75 Å². The summed E-state index contributed by atoms with van der Waals surface area (Å²) in [6.45, 7) is 6.41. The van der Waals surface area contributed by atoms with Gasteiger partial charge in [-0.15, -0.1) is 0 Å². The Hall–Kier alpha value is -2.67. The van der Waals surface area contributed by atoms with Gasteiger partial charge in [-0.3, -0.25) is 5.41 Å². The van der Waals surface area contributed by atoms with Crippen LogP contribution in [0.4, 0.5) is 11.5 Å². The van der Waals surface area contributed by atoms with E-state index in [-0.39, 0.29) is 17.4 Å². The average molecular weight is 381 g/mol. The van der Waals surface area contributed by atoms with Crippen molar-refractivity contribution >= 4 is 17.2 Å². The lowest BCUT2D eigenvalue weighted by atomic mass is 10.0. The van der Waals surface area contributed by atoms with Gasteiger partial charge in [-0.1, -0.05) is 6.92 Å². The van der Waals surface area contributed by atoms with Crippen LogP contribution in [0.5, 0.6) is 5.75 Å². The third kappa shape index (κ3) is 3.80. The lowest BCUT2D eigenvalue weighted by molar-refractivity contribution is 0.0529. The van der Waals surface area contributed by atoms with E-state index in [1.165, 1.54) is 6.33 Å². The number of nitrogen functional groups attached to an aromatic ring is 1. The summed E-state index contributed by atoms with van der Waals surface area (Å²) < 4.78 is 11.8. The number of benzene rings is 1. The minimum Gasteiger partial charge on any atom is -0.487 e. The summed E-state index contributed by atoms with van der Waals surface area (Å²) in [5.74, 6) is 1.56. The summed E-state index contributed by atoms with van der Waals surface area (Å²) in [5.41, 5.74) is 8.12. The van der Waals surface area contributed by atoms with E-state index in [0.29, 0.717) is 23.6 Å². The molecule has 1 aliphatic heterocycles. The van der Waals surface area contributed by atoms with Crippen LogP contribution in [0.3, 0.4) is 0 Å². The number of nitrogens with one attached hydrogen (secondary N) is 1. The van der Waals surface area contributed by atoms with Gasteiger partial charge in [0, 0.05) is 30.4 Å². The molecule has 0 spiro atoms. The third-order valence-electron chi connectivity index (χ3n) is 5.55. The molecule has 2 aliphatic rings. The highest BCUT2D eigenvalue weighted by Crippen LogP contribution is 2.43. The molecule has 1 aromatic heterocycles. The highest BCUT2D eigenvalue weighted by molar-refractivity contribution is 6.13. The Morgan fingerprint density at radius 3 is 2.89 bits per heavy atom. The van der Waals surface area contributed by atoms with Crippen LogP contribution in [0, 0.1) is 5.41 Å². The molecule has 7 heteroatoms. The molecule has 2 heterocycles. The highest BCUT2D eigenvalue weighted by Gasteiger charge is 2.43. The van der Waals surface area contributed by atoms with E-state index in [9.17, 15) is 0 Å². The summed E-state index contributed by atoms with van der Waals surface area (Å²) in [5, 5.41) is 8.68. The predicted molar refractivity (Wildman–Crippen MR) is 109 cm³/mol. The summed E-state index contributed by atoms with van der Waals surface area (Å²) >= 11 is 0. The Kier molecular flexibility index (Phi) is 4.93. The molecule has 7 nitrogen and oxygen atoms in total. The van der Waals surface area contributed by atoms with Crippen molar-refractivity contribution in [2.24, 2.45) is 0 Å². The Bertz CT molecular complexity index is 881. The smallest absolute Gasteiger partial charge is 0.132 e. The molecule has 148 valence electrons.